The molecule has 1 aromatic carbocycles. The first-order chi connectivity index (χ1) is 8.81. The van der Waals surface area contributed by atoms with Crippen molar-refractivity contribution in [3.05, 3.63) is 29.6 Å². The van der Waals surface area contributed by atoms with Gasteiger partial charge in [-0.3, -0.25) is 0 Å². The van der Waals surface area contributed by atoms with Gasteiger partial charge in [0.05, 0.1) is 0 Å². The molecule has 1 saturated carbocycles. The second kappa shape index (κ2) is 6.74. The zero-order chi connectivity index (χ0) is 12.8. The fraction of sp³-hybridized carbons (Fsp3) is 0.600. The highest BCUT2D eigenvalue weighted by Gasteiger charge is 2.14. The number of halogens is 1. The summed E-state index contributed by atoms with van der Waals surface area (Å²) >= 11 is 0. The maximum Gasteiger partial charge on any atom is 0.128 e. The minimum atomic E-state index is -0.140. The minimum Gasteiger partial charge on any atom is -0.382 e. The molecular weight excluding hydrogens is 227 g/mol. The molecule has 1 aliphatic carbocycles. The predicted octanol–water partition coefficient (Wildman–Crippen LogP) is 3.46. The van der Waals surface area contributed by atoms with Crippen LogP contribution in [0.2, 0.25) is 0 Å². The van der Waals surface area contributed by atoms with Crippen LogP contribution in [0.4, 0.5) is 10.1 Å². The van der Waals surface area contributed by atoms with Crippen molar-refractivity contribution >= 4 is 5.69 Å². The predicted molar refractivity (Wildman–Crippen MR) is 74.3 cm³/mol. The van der Waals surface area contributed by atoms with E-state index in [2.05, 4.69) is 5.32 Å². The Balaban J connectivity index is 2.09. The number of anilines is 1. The third-order valence-electron chi connectivity index (χ3n) is 3.73. The van der Waals surface area contributed by atoms with Gasteiger partial charge in [0.25, 0.3) is 0 Å². The van der Waals surface area contributed by atoms with E-state index in [1.165, 1.54) is 44.6 Å². The summed E-state index contributed by atoms with van der Waals surface area (Å²) in [5.41, 5.74) is 7.24. The SMILES string of the molecule is NCCc1c(F)cccc1NC1CCCCCC1. The number of hydrogen-bond acceptors (Lipinski definition) is 2. The zero-order valence-corrected chi connectivity index (χ0v) is 10.9. The third kappa shape index (κ3) is 3.45. The smallest absolute Gasteiger partial charge is 0.128 e. The van der Waals surface area contributed by atoms with Crippen molar-refractivity contribution in [3.8, 4) is 0 Å². The average Bonchev–Trinajstić information content (AvgIpc) is 2.62. The molecule has 0 aromatic heterocycles. The minimum absolute atomic E-state index is 0.140. The Kier molecular flexibility index (Phi) is 5.00. The summed E-state index contributed by atoms with van der Waals surface area (Å²) in [5.74, 6) is -0.140. The molecule has 0 radical (unpaired) electrons. The van der Waals surface area contributed by atoms with Crippen molar-refractivity contribution in [3.63, 3.8) is 0 Å². The van der Waals surface area contributed by atoms with E-state index in [-0.39, 0.29) is 5.82 Å². The van der Waals surface area contributed by atoms with Crippen molar-refractivity contribution in [1.82, 2.24) is 0 Å². The molecule has 1 aliphatic rings. The second-order valence-electron chi connectivity index (χ2n) is 5.14. The molecule has 100 valence electrons. The van der Waals surface area contributed by atoms with Crippen LogP contribution in [0.3, 0.4) is 0 Å². The van der Waals surface area contributed by atoms with Crippen molar-refractivity contribution in [2.24, 2.45) is 5.73 Å². The van der Waals surface area contributed by atoms with Crippen LogP contribution in [-0.2, 0) is 6.42 Å². The van der Waals surface area contributed by atoms with Crippen LogP contribution in [0, 0.1) is 5.82 Å². The molecule has 2 nitrogen and oxygen atoms in total. The molecule has 0 bridgehead atoms. The molecule has 0 atom stereocenters. The van der Waals surface area contributed by atoms with Gasteiger partial charge in [-0.25, -0.2) is 4.39 Å². The van der Waals surface area contributed by atoms with Gasteiger partial charge in [0.2, 0.25) is 0 Å². The maximum atomic E-state index is 13.8. The lowest BCUT2D eigenvalue weighted by molar-refractivity contribution is 0.601. The summed E-state index contributed by atoms with van der Waals surface area (Å²) in [5, 5.41) is 3.52. The normalized spacial score (nSPS) is 17.4. The Hall–Kier alpha value is -1.09. The summed E-state index contributed by atoms with van der Waals surface area (Å²) in [6, 6.07) is 5.75. The van der Waals surface area contributed by atoms with Crippen LogP contribution < -0.4 is 11.1 Å². The van der Waals surface area contributed by atoms with E-state index >= 15 is 0 Å². The maximum absolute atomic E-state index is 13.8. The molecule has 0 saturated heterocycles. The van der Waals surface area contributed by atoms with Crippen LogP contribution in [0.5, 0.6) is 0 Å². The van der Waals surface area contributed by atoms with Crippen molar-refractivity contribution in [2.45, 2.75) is 51.0 Å². The molecule has 2 rings (SSSR count). The number of nitrogens with one attached hydrogen (secondary N) is 1. The molecule has 3 heteroatoms. The van der Waals surface area contributed by atoms with E-state index < -0.39 is 0 Å². The molecule has 1 fully saturated rings. The van der Waals surface area contributed by atoms with Gasteiger partial charge >= 0.3 is 0 Å². The van der Waals surface area contributed by atoms with Crippen LogP contribution in [0.1, 0.15) is 44.1 Å². The van der Waals surface area contributed by atoms with Crippen LogP contribution in [0.25, 0.3) is 0 Å². The van der Waals surface area contributed by atoms with E-state index in [1.54, 1.807) is 6.07 Å². The van der Waals surface area contributed by atoms with Gasteiger partial charge in [0.1, 0.15) is 5.82 Å². The van der Waals surface area contributed by atoms with E-state index in [9.17, 15) is 4.39 Å². The first kappa shape index (κ1) is 13.3. The van der Waals surface area contributed by atoms with Gasteiger partial charge in [-0.2, -0.15) is 0 Å². The largest absolute Gasteiger partial charge is 0.382 e. The molecule has 0 aliphatic heterocycles. The fourth-order valence-electron chi connectivity index (χ4n) is 2.74. The Morgan fingerprint density at radius 1 is 1.17 bits per heavy atom. The van der Waals surface area contributed by atoms with Crippen molar-refractivity contribution in [1.29, 1.82) is 0 Å². The summed E-state index contributed by atoms with van der Waals surface area (Å²) in [7, 11) is 0. The van der Waals surface area contributed by atoms with Gasteiger partial charge in [0, 0.05) is 17.3 Å². The summed E-state index contributed by atoms with van der Waals surface area (Å²) in [6.07, 6.45) is 8.20. The highest BCUT2D eigenvalue weighted by molar-refractivity contribution is 5.52. The number of hydrogen-bond donors (Lipinski definition) is 2. The molecular formula is C15H23FN2. The van der Waals surface area contributed by atoms with Gasteiger partial charge in [-0.05, 0) is 37.9 Å². The number of nitrogens with two attached hydrogens (primary N) is 1. The Bertz CT molecular complexity index is 371. The standard InChI is InChI=1S/C15H23FN2/c16-14-8-5-9-15(13(14)10-11-17)18-12-6-3-1-2-4-7-12/h5,8-9,12,18H,1-4,6-7,10-11,17H2. The van der Waals surface area contributed by atoms with E-state index in [1.807, 2.05) is 6.07 Å². The Morgan fingerprint density at radius 2 is 1.89 bits per heavy atom. The number of benzene rings is 1. The van der Waals surface area contributed by atoms with Gasteiger partial charge < -0.3 is 11.1 Å². The second-order valence-corrected chi connectivity index (χ2v) is 5.14. The summed E-state index contributed by atoms with van der Waals surface area (Å²) in [4.78, 5) is 0. The summed E-state index contributed by atoms with van der Waals surface area (Å²) < 4.78 is 13.8. The summed E-state index contributed by atoms with van der Waals surface area (Å²) in [6.45, 7) is 0.486. The first-order valence-electron chi connectivity index (χ1n) is 7.05. The monoisotopic (exact) mass is 250 g/mol. The molecule has 0 unspecified atom stereocenters. The van der Waals surface area contributed by atoms with E-state index in [0.29, 0.717) is 19.0 Å². The lowest BCUT2D eigenvalue weighted by Crippen LogP contribution is -2.20. The topological polar surface area (TPSA) is 38.0 Å². The van der Waals surface area contributed by atoms with Gasteiger partial charge in [0.15, 0.2) is 0 Å². The van der Waals surface area contributed by atoms with Crippen LogP contribution in [-0.4, -0.2) is 12.6 Å². The lowest BCUT2D eigenvalue weighted by Gasteiger charge is -2.20. The average molecular weight is 250 g/mol. The quantitative estimate of drug-likeness (QED) is 0.803. The zero-order valence-electron chi connectivity index (χ0n) is 10.9. The van der Waals surface area contributed by atoms with Crippen LogP contribution in [0.15, 0.2) is 18.2 Å². The molecule has 0 spiro atoms. The van der Waals surface area contributed by atoms with E-state index in [0.717, 1.165) is 11.3 Å². The highest BCUT2D eigenvalue weighted by atomic mass is 19.1. The Labute approximate surface area is 109 Å². The van der Waals surface area contributed by atoms with Gasteiger partial charge in [-0.15, -0.1) is 0 Å². The molecule has 18 heavy (non-hydrogen) atoms. The van der Waals surface area contributed by atoms with E-state index in [4.69, 9.17) is 5.73 Å². The van der Waals surface area contributed by atoms with Crippen molar-refractivity contribution < 1.29 is 4.39 Å². The molecule has 1 aromatic rings. The molecule has 0 amide bonds. The Morgan fingerprint density at radius 3 is 2.56 bits per heavy atom. The third-order valence-corrected chi connectivity index (χ3v) is 3.73. The molecule has 3 N–H and O–H groups in total. The van der Waals surface area contributed by atoms with Gasteiger partial charge in [-0.1, -0.05) is 31.7 Å². The fourth-order valence-corrected chi connectivity index (χ4v) is 2.74. The number of rotatable bonds is 4. The first-order valence-corrected chi connectivity index (χ1v) is 7.05. The lowest BCUT2D eigenvalue weighted by atomic mass is 10.1. The van der Waals surface area contributed by atoms with Crippen molar-refractivity contribution in [2.75, 3.05) is 11.9 Å². The molecule has 0 heterocycles. The highest BCUT2D eigenvalue weighted by Crippen LogP contribution is 2.25. The van der Waals surface area contributed by atoms with Crippen LogP contribution >= 0.6 is 0 Å².